The lowest BCUT2D eigenvalue weighted by Crippen LogP contribution is -2.39. The van der Waals surface area contributed by atoms with E-state index in [2.05, 4.69) is 34.5 Å². The van der Waals surface area contributed by atoms with Crippen LogP contribution in [0.5, 0.6) is 0 Å². The van der Waals surface area contributed by atoms with Gasteiger partial charge in [0.05, 0.1) is 12.6 Å². The lowest BCUT2D eigenvalue weighted by molar-refractivity contribution is -0.119. The van der Waals surface area contributed by atoms with Gasteiger partial charge < -0.3 is 10.2 Å². The number of hydrogen-bond donors (Lipinski definition) is 1. The largest absolute Gasteiger partial charge is 0.364 e. The zero-order valence-electron chi connectivity index (χ0n) is 9.98. The Hall–Kier alpha value is -1.35. The second-order valence-electron chi connectivity index (χ2n) is 4.92. The second kappa shape index (κ2) is 4.49. The van der Waals surface area contributed by atoms with Crippen LogP contribution in [-0.2, 0) is 11.2 Å². The zero-order valence-corrected chi connectivity index (χ0v) is 9.98. The summed E-state index contributed by atoms with van der Waals surface area (Å²) in [4.78, 5) is 14.3. The fourth-order valence-electron chi connectivity index (χ4n) is 2.83. The molecule has 3 rings (SSSR count). The molecule has 1 aromatic rings. The van der Waals surface area contributed by atoms with Crippen LogP contribution in [0.1, 0.15) is 18.4 Å². The lowest BCUT2D eigenvalue weighted by atomic mass is 10.1. The molecule has 0 aliphatic carbocycles. The number of nitrogens with one attached hydrogen (secondary N) is 1. The minimum atomic E-state index is 0.0998. The molecule has 0 radical (unpaired) electrons. The lowest BCUT2D eigenvalue weighted by Gasteiger charge is -2.20. The Labute approximate surface area is 102 Å². The van der Waals surface area contributed by atoms with Crippen molar-refractivity contribution in [3.8, 4) is 0 Å². The number of Topliss-reactive ketones (excluding diaryl/α,β-unsaturated/α-hetero) is 1. The molecule has 0 spiro atoms. The van der Waals surface area contributed by atoms with Crippen LogP contribution >= 0.6 is 0 Å². The number of ketones is 1. The van der Waals surface area contributed by atoms with Crippen molar-refractivity contribution >= 4 is 11.5 Å². The molecule has 3 nitrogen and oxygen atoms in total. The van der Waals surface area contributed by atoms with Crippen molar-refractivity contribution in [1.29, 1.82) is 0 Å². The van der Waals surface area contributed by atoms with E-state index in [1.165, 1.54) is 11.3 Å². The molecule has 1 atom stereocenters. The summed E-state index contributed by atoms with van der Waals surface area (Å²) in [5.41, 5.74) is 2.62. The Morgan fingerprint density at radius 1 is 1.41 bits per heavy atom. The van der Waals surface area contributed by atoms with Gasteiger partial charge in [-0.2, -0.15) is 0 Å². The molecule has 2 aliphatic heterocycles. The van der Waals surface area contributed by atoms with Gasteiger partial charge >= 0.3 is 0 Å². The van der Waals surface area contributed by atoms with Crippen molar-refractivity contribution in [2.24, 2.45) is 0 Å². The topological polar surface area (TPSA) is 32.3 Å². The Kier molecular flexibility index (Phi) is 2.85. The van der Waals surface area contributed by atoms with E-state index < -0.39 is 0 Å². The van der Waals surface area contributed by atoms with Crippen molar-refractivity contribution in [2.45, 2.75) is 25.3 Å². The third kappa shape index (κ3) is 2.07. The van der Waals surface area contributed by atoms with Crippen LogP contribution in [0.2, 0.25) is 0 Å². The van der Waals surface area contributed by atoms with Crippen molar-refractivity contribution < 1.29 is 4.79 Å². The number of benzene rings is 1. The molecule has 2 heterocycles. The predicted molar refractivity (Wildman–Crippen MR) is 68.4 cm³/mol. The van der Waals surface area contributed by atoms with Gasteiger partial charge in [0.2, 0.25) is 0 Å². The van der Waals surface area contributed by atoms with Crippen molar-refractivity contribution in [3.63, 3.8) is 0 Å². The average Bonchev–Trinajstić information content (AvgIpc) is 2.98. The molecule has 1 aromatic carbocycles. The summed E-state index contributed by atoms with van der Waals surface area (Å²) in [6.07, 6.45) is 3.21. The predicted octanol–water partition coefficient (Wildman–Crippen LogP) is 1.37. The maximum atomic E-state index is 12.1. The standard InChI is InChI=1S/C14H18N2O/c17-14(12-5-3-8-15-12)10-16-9-7-11-4-1-2-6-13(11)16/h1-2,4,6,12,15H,3,5,7-10H2. The molecule has 17 heavy (non-hydrogen) atoms. The van der Waals surface area contributed by atoms with Crippen LogP contribution in [0, 0.1) is 0 Å². The first kappa shape index (κ1) is 10.8. The van der Waals surface area contributed by atoms with E-state index in [1.807, 2.05) is 0 Å². The van der Waals surface area contributed by atoms with Gasteiger partial charge in [0.1, 0.15) is 0 Å². The van der Waals surface area contributed by atoms with E-state index in [0.29, 0.717) is 12.3 Å². The Morgan fingerprint density at radius 2 is 2.29 bits per heavy atom. The van der Waals surface area contributed by atoms with Crippen LogP contribution in [0.25, 0.3) is 0 Å². The van der Waals surface area contributed by atoms with Crippen LogP contribution in [0.15, 0.2) is 24.3 Å². The van der Waals surface area contributed by atoms with Crippen molar-refractivity contribution in [1.82, 2.24) is 5.32 Å². The SMILES string of the molecule is O=C(CN1CCc2ccccc21)C1CCCN1. The summed E-state index contributed by atoms with van der Waals surface area (Å²) in [7, 11) is 0. The van der Waals surface area contributed by atoms with E-state index in [9.17, 15) is 4.79 Å². The van der Waals surface area contributed by atoms with Gasteiger partial charge in [-0.15, -0.1) is 0 Å². The number of fused-ring (bicyclic) bond motifs is 1. The molecule has 0 aromatic heterocycles. The summed E-state index contributed by atoms with van der Waals surface area (Å²) < 4.78 is 0. The number of anilines is 1. The van der Waals surface area contributed by atoms with Crippen molar-refractivity contribution in [2.75, 3.05) is 24.5 Å². The highest BCUT2D eigenvalue weighted by atomic mass is 16.1. The Morgan fingerprint density at radius 3 is 3.12 bits per heavy atom. The highest BCUT2D eigenvalue weighted by Gasteiger charge is 2.26. The minimum Gasteiger partial charge on any atom is -0.364 e. The molecule has 1 unspecified atom stereocenters. The second-order valence-corrected chi connectivity index (χ2v) is 4.92. The minimum absolute atomic E-state index is 0.0998. The van der Waals surface area contributed by atoms with Gasteiger partial charge in [-0.25, -0.2) is 0 Å². The smallest absolute Gasteiger partial charge is 0.168 e. The van der Waals surface area contributed by atoms with Crippen LogP contribution in [-0.4, -0.2) is 31.5 Å². The molecule has 0 amide bonds. The van der Waals surface area contributed by atoms with E-state index >= 15 is 0 Å². The third-order valence-corrected chi connectivity index (χ3v) is 3.78. The molecule has 2 aliphatic rings. The number of nitrogens with zero attached hydrogens (tertiary/aromatic N) is 1. The number of carbonyl (C=O) groups is 1. The Balaban J connectivity index is 1.68. The maximum Gasteiger partial charge on any atom is 0.168 e. The Bertz CT molecular complexity index is 424. The molecule has 1 fully saturated rings. The molecule has 90 valence electrons. The van der Waals surface area contributed by atoms with Crippen LogP contribution < -0.4 is 10.2 Å². The fraction of sp³-hybridized carbons (Fsp3) is 0.500. The van der Waals surface area contributed by atoms with Gasteiger partial charge in [0.25, 0.3) is 0 Å². The van der Waals surface area contributed by atoms with Gasteiger partial charge in [-0.1, -0.05) is 18.2 Å². The number of para-hydroxylation sites is 1. The summed E-state index contributed by atoms with van der Waals surface area (Å²) in [6.45, 7) is 2.54. The number of carbonyl (C=O) groups excluding carboxylic acids is 1. The highest BCUT2D eigenvalue weighted by Crippen LogP contribution is 2.27. The molecule has 0 saturated carbocycles. The first-order chi connectivity index (χ1) is 8.34. The fourth-order valence-corrected chi connectivity index (χ4v) is 2.83. The number of rotatable bonds is 3. The van der Waals surface area contributed by atoms with E-state index in [4.69, 9.17) is 0 Å². The molecule has 3 heteroatoms. The molecule has 1 N–H and O–H groups in total. The summed E-state index contributed by atoms with van der Waals surface area (Å²) in [5, 5.41) is 3.28. The first-order valence-corrected chi connectivity index (χ1v) is 6.43. The van der Waals surface area contributed by atoms with Gasteiger partial charge in [-0.3, -0.25) is 4.79 Å². The van der Waals surface area contributed by atoms with Crippen molar-refractivity contribution in [3.05, 3.63) is 29.8 Å². The van der Waals surface area contributed by atoms with Crippen LogP contribution in [0.4, 0.5) is 5.69 Å². The van der Waals surface area contributed by atoms with Gasteiger partial charge in [0.15, 0.2) is 5.78 Å². The normalized spacial score (nSPS) is 22.8. The summed E-state index contributed by atoms with van der Waals surface area (Å²) in [5.74, 6) is 0.346. The maximum absolute atomic E-state index is 12.1. The monoisotopic (exact) mass is 230 g/mol. The van der Waals surface area contributed by atoms with Gasteiger partial charge in [0, 0.05) is 12.2 Å². The molecule has 0 bridgehead atoms. The summed E-state index contributed by atoms with van der Waals surface area (Å²) >= 11 is 0. The number of hydrogen-bond acceptors (Lipinski definition) is 3. The van der Waals surface area contributed by atoms with E-state index in [1.54, 1.807) is 0 Å². The quantitative estimate of drug-likeness (QED) is 0.851. The molecule has 1 saturated heterocycles. The third-order valence-electron chi connectivity index (χ3n) is 3.78. The van der Waals surface area contributed by atoms with E-state index in [0.717, 1.165) is 32.4 Å². The van der Waals surface area contributed by atoms with E-state index in [-0.39, 0.29) is 6.04 Å². The molecular weight excluding hydrogens is 212 g/mol. The average molecular weight is 230 g/mol. The van der Waals surface area contributed by atoms with Gasteiger partial charge in [-0.05, 0) is 37.4 Å². The van der Waals surface area contributed by atoms with Crippen LogP contribution in [0.3, 0.4) is 0 Å². The highest BCUT2D eigenvalue weighted by molar-refractivity contribution is 5.89. The summed E-state index contributed by atoms with van der Waals surface area (Å²) in [6, 6.07) is 8.51. The first-order valence-electron chi connectivity index (χ1n) is 6.43. The molecular formula is C14H18N2O. The zero-order chi connectivity index (χ0) is 11.7.